The maximum Gasteiger partial charge on any atom is 0.244 e. The molecule has 0 radical (unpaired) electrons. The van der Waals surface area contributed by atoms with E-state index >= 15 is 0 Å². The second-order valence-corrected chi connectivity index (χ2v) is 4.97. The van der Waals surface area contributed by atoms with Crippen molar-refractivity contribution >= 4 is 23.3 Å². The number of benzene rings is 1. The summed E-state index contributed by atoms with van der Waals surface area (Å²) in [5.74, 6) is -0.138. The summed E-state index contributed by atoms with van der Waals surface area (Å²) in [6.07, 6.45) is 3.31. The molecule has 0 saturated carbocycles. The van der Waals surface area contributed by atoms with Gasteiger partial charge in [0.15, 0.2) is 0 Å². The number of hydrogen-bond donors (Lipinski definition) is 2. The van der Waals surface area contributed by atoms with Crippen LogP contribution < -0.4 is 5.32 Å². The van der Waals surface area contributed by atoms with E-state index in [2.05, 4.69) is 5.32 Å². The minimum Gasteiger partial charge on any atom is -0.392 e. The van der Waals surface area contributed by atoms with Crippen LogP contribution in [0.4, 0.5) is 0 Å². The Hall–Kier alpha value is -1.91. The molecular weight excluding hydrogens is 258 g/mol. The van der Waals surface area contributed by atoms with Crippen LogP contribution in [0.2, 0.25) is 0 Å². The highest BCUT2D eigenvalue weighted by Gasteiger charge is 2.01. The second-order valence-electron chi connectivity index (χ2n) is 3.99. The molecule has 4 heteroatoms. The Morgan fingerprint density at radius 2 is 2.00 bits per heavy atom. The Balaban J connectivity index is 1.90. The highest BCUT2D eigenvalue weighted by atomic mass is 32.1. The molecule has 98 valence electrons. The molecule has 0 unspecified atom stereocenters. The van der Waals surface area contributed by atoms with E-state index in [1.54, 1.807) is 17.4 Å². The van der Waals surface area contributed by atoms with Gasteiger partial charge in [-0.1, -0.05) is 30.3 Å². The predicted molar refractivity (Wildman–Crippen MR) is 77.6 cm³/mol. The first-order valence-electron chi connectivity index (χ1n) is 5.96. The fourth-order valence-electron chi connectivity index (χ4n) is 1.67. The minimum atomic E-state index is -0.138. The van der Waals surface area contributed by atoms with E-state index in [0.717, 1.165) is 16.0 Å². The van der Waals surface area contributed by atoms with Gasteiger partial charge in [0.1, 0.15) is 0 Å². The zero-order chi connectivity index (χ0) is 13.5. The third-order valence-electron chi connectivity index (χ3n) is 2.68. The number of aliphatic hydroxyl groups is 1. The molecule has 0 aliphatic heterocycles. The van der Waals surface area contributed by atoms with E-state index in [-0.39, 0.29) is 12.5 Å². The molecule has 2 rings (SSSR count). The van der Waals surface area contributed by atoms with Crippen LogP contribution in [0.25, 0.3) is 6.08 Å². The van der Waals surface area contributed by atoms with E-state index in [1.165, 1.54) is 6.08 Å². The van der Waals surface area contributed by atoms with Gasteiger partial charge < -0.3 is 10.4 Å². The number of rotatable bonds is 5. The molecule has 0 fully saturated rings. The summed E-state index contributed by atoms with van der Waals surface area (Å²) >= 11 is 1.59. The average molecular weight is 273 g/mol. The van der Waals surface area contributed by atoms with Gasteiger partial charge in [0.25, 0.3) is 0 Å². The van der Waals surface area contributed by atoms with Crippen LogP contribution in [0, 0.1) is 0 Å². The highest BCUT2D eigenvalue weighted by Crippen LogP contribution is 2.10. The van der Waals surface area contributed by atoms with Crippen molar-refractivity contribution < 1.29 is 9.90 Å². The molecule has 0 aliphatic rings. The number of aliphatic hydroxyl groups excluding tert-OH is 1. The molecule has 0 aliphatic carbocycles. The molecule has 0 bridgehead atoms. The summed E-state index contributed by atoms with van der Waals surface area (Å²) in [4.78, 5) is 12.7. The maximum atomic E-state index is 11.7. The van der Waals surface area contributed by atoms with E-state index < -0.39 is 0 Å². The first kappa shape index (κ1) is 13.5. The van der Waals surface area contributed by atoms with Gasteiger partial charge >= 0.3 is 0 Å². The Bertz CT molecular complexity index is 561. The summed E-state index contributed by atoms with van der Waals surface area (Å²) in [5, 5.41) is 14.0. The number of thiophene rings is 1. The molecule has 2 aromatic rings. The van der Waals surface area contributed by atoms with Gasteiger partial charge in [0.2, 0.25) is 5.91 Å². The zero-order valence-electron chi connectivity index (χ0n) is 10.4. The van der Waals surface area contributed by atoms with Crippen LogP contribution in [-0.4, -0.2) is 11.0 Å². The molecule has 2 N–H and O–H groups in total. The summed E-state index contributed by atoms with van der Waals surface area (Å²) in [6.45, 7) is 0.404. The van der Waals surface area contributed by atoms with Crippen molar-refractivity contribution in [2.45, 2.75) is 13.2 Å². The maximum absolute atomic E-state index is 11.7. The van der Waals surface area contributed by atoms with Crippen molar-refractivity contribution in [1.29, 1.82) is 0 Å². The van der Waals surface area contributed by atoms with Crippen LogP contribution in [0.5, 0.6) is 0 Å². The molecule has 1 aromatic carbocycles. The Kier molecular flexibility index (Phi) is 4.89. The predicted octanol–water partition coefficient (Wildman–Crippen LogP) is 2.57. The zero-order valence-corrected chi connectivity index (χ0v) is 11.2. The molecular formula is C15H15NO2S. The fourth-order valence-corrected chi connectivity index (χ4v) is 2.29. The normalized spacial score (nSPS) is 10.8. The van der Waals surface area contributed by atoms with Gasteiger partial charge in [0.05, 0.1) is 6.61 Å². The quantitative estimate of drug-likeness (QED) is 0.823. The summed E-state index contributed by atoms with van der Waals surface area (Å²) in [7, 11) is 0. The lowest BCUT2D eigenvalue weighted by Crippen LogP contribution is -2.21. The van der Waals surface area contributed by atoms with Crippen molar-refractivity contribution in [2.75, 3.05) is 0 Å². The third-order valence-corrected chi connectivity index (χ3v) is 3.52. The lowest BCUT2D eigenvalue weighted by atomic mass is 10.1. The monoisotopic (exact) mass is 273 g/mol. The van der Waals surface area contributed by atoms with Crippen molar-refractivity contribution in [1.82, 2.24) is 5.32 Å². The van der Waals surface area contributed by atoms with Crippen LogP contribution in [0.3, 0.4) is 0 Å². The average Bonchev–Trinajstić information content (AvgIpc) is 2.96. The topological polar surface area (TPSA) is 49.3 Å². The van der Waals surface area contributed by atoms with E-state index in [9.17, 15) is 9.90 Å². The lowest BCUT2D eigenvalue weighted by Gasteiger charge is -2.07. The first-order valence-corrected chi connectivity index (χ1v) is 6.84. The third kappa shape index (κ3) is 4.05. The van der Waals surface area contributed by atoms with Crippen LogP contribution in [-0.2, 0) is 17.9 Å². The van der Waals surface area contributed by atoms with Crippen molar-refractivity contribution in [3.8, 4) is 0 Å². The number of hydrogen-bond acceptors (Lipinski definition) is 3. The number of carbonyl (C=O) groups excluding carboxylic acids is 1. The van der Waals surface area contributed by atoms with Crippen molar-refractivity contribution in [3.05, 3.63) is 63.9 Å². The number of carbonyl (C=O) groups is 1. The fraction of sp³-hybridized carbons (Fsp3) is 0.133. The van der Waals surface area contributed by atoms with E-state index in [4.69, 9.17) is 0 Å². The van der Waals surface area contributed by atoms with Crippen molar-refractivity contribution in [2.24, 2.45) is 0 Å². The first-order chi connectivity index (χ1) is 9.29. The van der Waals surface area contributed by atoms with Crippen molar-refractivity contribution in [3.63, 3.8) is 0 Å². The summed E-state index contributed by atoms with van der Waals surface area (Å²) < 4.78 is 0. The lowest BCUT2D eigenvalue weighted by molar-refractivity contribution is -0.116. The smallest absolute Gasteiger partial charge is 0.244 e. The largest absolute Gasteiger partial charge is 0.392 e. The minimum absolute atomic E-state index is 0.0168. The van der Waals surface area contributed by atoms with Gasteiger partial charge in [-0.25, -0.2) is 0 Å². The SMILES string of the molecule is O=C(/C=C/c1cccs1)NCc1ccccc1CO. The number of nitrogens with one attached hydrogen (secondary N) is 1. The van der Waals surface area contributed by atoms with Crippen LogP contribution >= 0.6 is 11.3 Å². The van der Waals surface area contributed by atoms with E-state index in [0.29, 0.717) is 6.54 Å². The second kappa shape index (κ2) is 6.87. The van der Waals surface area contributed by atoms with Gasteiger partial charge in [-0.3, -0.25) is 4.79 Å². The highest BCUT2D eigenvalue weighted by molar-refractivity contribution is 7.10. The molecule has 1 aromatic heterocycles. The number of amides is 1. The van der Waals surface area contributed by atoms with E-state index in [1.807, 2.05) is 41.8 Å². The molecule has 1 amide bonds. The van der Waals surface area contributed by atoms with Crippen LogP contribution in [0.15, 0.2) is 47.9 Å². The van der Waals surface area contributed by atoms with Gasteiger partial charge in [-0.05, 0) is 28.6 Å². The van der Waals surface area contributed by atoms with Gasteiger partial charge in [0, 0.05) is 17.5 Å². The molecule has 3 nitrogen and oxygen atoms in total. The summed E-state index contributed by atoms with van der Waals surface area (Å²) in [5.41, 5.74) is 1.77. The molecule has 0 atom stereocenters. The summed E-state index contributed by atoms with van der Waals surface area (Å²) in [6, 6.07) is 11.4. The van der Waals surface area contributed by atoms with Gasteiger partial charge in [-0.15, -0.1) is 11.3 Å². The standard InChI is InChI=1S/C15H15NO2S/c17-11-13-5-2-1-4-12(13)10-16-15(18)8-7-14-6-3-9-19-14/h1-9,17H,10-11H2,(H,16,18)/b8-7+. The Morgan fingerprint density at radius 3 is 2.68 bits per heavy atom. The van der Waals surface area contributed by atoms with Gasteiger partial charge in [-0.2, -0.15) is 0 Å². The molecule has 0 saturated heterocycles. The Labute approximate surface area is 116 Å². The van der Waals surface area contributed by atoms with Crippen LogP contribution in [0.1, 0.15) is 16.0 Å². The molecule has 0 spiro atoms. The molecule has 1 heterocycles. The molecule has 19 heavy (non-hydrogen) atoms. The Morgan fingerprint density at radius 1 is 1.21 bits per heavy atom.